The van der Waals surface area contributed by atoms with E-state index in [4.69, 9.17) is 0 Å². The highest BCUT2D eigenvalue weighted by Crippen LogP contribution is 2.42. The Balaban J connectivity index is 1.49. The van der Waals surface area contributed by atoms with E-state index in [1.54, 1.807) is 11.1 Å². The monoisotopic (exact) mass is 405 g/mol. The summed E-state index contributed by atoms with van der Waals surface area (Å²) in [6.45, 7) is 3.49. The first-order valence-corrected chi connectivity index (χ1v) is 10.9. The van der Waals surface area contributed by atoms with Crippen LogP contribution in [0.3, 0.4) is 0 Å². The molecule has 1 aliphatic heterocycles. The molecule has 0 unspecified atom stereocenters. The van der Waals surface area contributed by atoms with Crippen LogP contribution >= 0.6 is 0 Å². The van der Waals surface area contributed by atoms with Gasteiger partial charge in [-0.3, -0.25) is 14.6 Å². The van der Waals surface area contributed by atoms with E-state index in [-0.39, 0.29) is 17.7 Å². The predicted octanol–water partition coefficient (Wildman–Crippen LogP) is 3.64. The summed E-state index contributed by atoms with van der Waals surface area (Å²) < 4.78 is 0. The molecule has 2 fully saturated rings. The molecule has 2 atom stereocenters. The molecule has 30 heavy (non-hydrogen) atoms. The number of hydrogen-bond donors (Lipinski definition) is 0. The van der Waals surface area contributed by atoms with Crippen molar-refractivity contribution >= 4 is 11.8 Å². The Morgan fingerprint density at radius 3 is 2.30 bits per heavy atom. The highest BCUT2D eigenvalue weighted by Gasteiger charge is 2.46. The van der Waals surface area contributed by atoms with E-state index in [0.29, 0.717) is 25.4 Å². The third-order valence-electron chi connectivity index (χ3n) is 6.81. The lowest BCUT2D eigenvalue weighted by molar-refractivity contribution is -0.146. The Hall–Kier alpha value is -2.69. The summed E-state index contributed by atoms with van der Waals surface area (Å²) in [4.78, 5) is 33.7. The van der Waals surface area contributed by atoms with Crippen LogP contribution in [0.4, 0.5) is 0 Å². The van der Waals surface area contributed by atoms with Crippen molar-refractivity contribution in [3.05, 3.63) is 54.4 Å². The molecular weight excluding hydrogens is 374 g/mol. The van der Waals surface area contributed by atoms with E-state index < -0.39 is 5.41 Å². The van der Waals surface area contributed by atoms with Gasteiger partial charge in [0.1, 0.15) is 0 Å². The normalized spacial score (nSPS) is 22.4. The summed E-state index contributed by atoms with van der Waals surface area (Å²) in [6.07, 6.45) is 6.80. The summed E-state index contributed by atoms with van der Waals surface area (Å²) in [5.74, 6) is 1.19. The van der Waals surface area contributed by atoms with E-state index in [1.165, 1.54) is 0 Å². The van der Waals surface area contributed by atoms with Crippen molar-refractivity contribution in [1.29, 1.82) is 0 Å². The Labute approximate surface area is 179 Å². The molecular formula is C25H31N3O2. The molecule has 2 amide bonds. The number of piperidine rings is 1. The SMILES string of the molecule is C[C@H]1C[C@@H]1C(=O)N1CCC(Cc2ccc(-c3cccnc3)cc2)(C(=O)N(C)C)CC1. The zero-order valence-electron chi connectivity index (χ0n) is 18.2. The van der Waals surface area contributed by atoms with Crippen molar-refractivity contribution in [2.24, 2.45) is 17.3 Å². The van der Waals surface area contributed by atoms with Crippen molar-refractivity contribution in [3.8, 4) is 11.1 Å². The number of hydrogen-bond acceptors (Lipinski definition) is 3. The van der Waals surface area contributed by atoms with Gasteiger partial charge < -0.3 is 9.80 Å². The highest BCUT2D eigenvalue weighted by atomic mass is 16.2. The van der Waals surface area contributed by atoms with Gasteiger partial charge in [-0.25, -0.2) is 0 Å². The molecule has 0 spiro atoms. The average molecular weight is 406 g/mol. The number of benzene rings is 1. The van der Waals surface area contributed by atoms with Gasteiger partial charge >= 0.3 is 0 Å². The van der Waals surface area contributed by atoms with Crippen LogP contribution in [-0.4, -0.2) is 53.8 Å². The van der Waals surface area contributed by atoms with Crippen molar-refractivity contribution in [2.45, 2.75) is 32.6 Å². The Morgan fingerprint density at radius 2 is 1.77 bits per heavy atom. The van der Waals surface area contributed by atoms with Gasteiger partial charge in [0.25, 0.3) is 0 Å². The van der Waals surface area contributed by atoms with Crippen molar-refractivity contribution in [3.63, 3.8) is 0 Å². The average Bonchev–Trinajstić information content (AvgIpc) is 3.51. The minimum atomic E-state index is -0.439. The molecule has 2 heterocycles. The number of aromatic nitrogens is 1. The molecule has 4 rings (SSSR count). The first-order chi connectivity index (χ1) is 14.4. The quantitative estimate of drug-likeness (QED) is 0.763. The van der Waals surface area contributed by atoms with Crippen molar-refractivity contribution < 1.29 is 9.59 Å². The minimum Gasteiger partial charge on any atom is -0.348 e. The number of likely N-dealkylation sites (tertiary alicyclic amines) is 1. The van der Waals surface area contributed by atoms with Crippen LogP contribution in [0.15, 0.2) is 48.8 Å². The first-order valence-electron chi connectivity index (χ1n) is 10.9. The van der Waals surface area contributed by atoms with Crippen LogP contribution in [0.5, 0.6) is 0 Å². The minimum absolute atomic E-state index is 0.172. The maximum atomic E-state index is 13.2. The number of carbonyl (C=O) groups excluding carboxylic acids is 2. The maximum absolute atomic E-state index is 13.2. The lowest BCUT2D eigenvalue weighted by Crippen LogP contribution is -2.51. The number of pyridine rings is 1. The van der Waals surface area contributed by atoms with Gasteiger partial charge in [0, 0.05) is 45.5 Å². The Morgan fingerprint density at radius 1 is 1.10 bits per heavy atom. The van der Waals surface area contributed by atoms with Crippen LogP contribution in [0, 0.1) is 17.3 Å². The molecule has 1 aromatic heterocycles. The van der Waals surface area contributed by atoms with Gasteiger partial charge in [0.15, 0.2) is 0 Å². The summed E-state index contributed by atoms with van der Waals surface area (Å²) in [5, 5.41) is 0. The second-order valence-corrected chi connectivity index (χ2v) is 9.24. The van der Waals surface area contributed by atoms with Crippen LogP contribution in [0.25, 0.3) is 11.1 Å². The predicted molar refractivity (Wildman–Crippen MR) is 118 cm³/mol. The van der Waals surface area contributed by atoms with Gasteiger partial charge in [0.05, 0.1) is 5.41 Å². The molecule has 1 saturated heterocycles. The van der Waals surface area contributed by atoms with Crippen molar-refractivity contribution in [1.82, 2.24) is 14.8 Å². The van der Waals surface area contributed by atoms with E-state index in [9.17, 15) is 9.59 Å². The fourth-order valence-corrected chi connectivity index (χ4v) is 4.74. The molecule has 5 heteroatoms. The zero-order chi connectivity index (χ0) is 21.3. The molecule has 158 valence electrons. The second-order valence-electron chi connectivity index (χ2n) is 9.24. The summed E-state index contributed by atoms with van der Waals surface area (Å²) in [5.41, 5.74) is 2.93. The van der Waals surface area contributed by atoms with Gasteiger partial charge in [-0.15, -0.1) is 0 Å². The zero-order valence-corrected chi connectivity index (χ0v) is 18.2. The standard InChI is InChI=1S/C25H31N3O2/c1-18-15-22(18)23(29)28-13-10-25(11-14-28,24(30)27(2)3)16-19-6-8-20(9-7-19)21-5-4-12-26-17-21/h4-9,12,17-18,22H,10-11,13-16H2,1-3H3/t18-,22-/m0/s1. The first kappa shape index (κ1) is 20.6. The second kappa shape index (κ2) is 8.21. The lowest BCUT2D eigenvalue weighted by atomic mass is 9.72. The largest absolute Gasteiger partial charge is 0.348 e. The third kappa shape index (κ3) is 4.11. The molecule has 0 radical (unpaired) electrons. The van der Waals surface area contributed by atoms with E-state index >= 15 is 0 Å². The third-order valence-corrected chi connectivity index (χ3v) is 6.81. The molecule has 0 bridgehead atoms. The topological polar surface area (TPSA) is 53.5 Å². The van der Waals surface area contributed by atoms with E-state index in [1.807, 2.05) is 37.3 Å². The van der Waals surface area contributed by atoms with Gasteiger partial charge in [0.2, 0.25) is 11.8 Å². The summed E-state index contributed by atoms with van der Waals surface area (Å²) >= 11 is 0. The Bertz CT molecular complexity index is 900. The molecule has 1 saturated carbocycles. The van der Waals surface area contributed by atoms with Crippen LogP contribution < -0.4 is 0 Å². The maximum Gasteiger partial charge on any atom is 0.228 e. The van der Waals surface area contributed by atoms with Crippen LogP contribution in [-0.2, 0) is 16.0 Å². The molecule has 1 aliphatic carbocycles. The number of rotatable bonds is 5. The van der Waals surface area contributed by atoms with Crippen LogP contribution in [0.2, 0.25) is 0 Å². The van der Waals surface area contributed by atoms with Gasteiger partial charge in [-0.2, -0.15) is 0 Å². The summed E-state index contributed by atoms with van der Waals surface area (Å²) in [7, 11) is 3.66. The van der Waals surface area contributed by atoms with Gasteiger partial charge in [-0.1, -0.05) is 37.3 Å². The fourth-order valence-electron chi connectivity index (χ4n) is 4.74. The molecule has 5 nitrogen and oxygen atoms in total. The number of nitrogens with zero attached hydrogens (tertiary/aromatic N) is 3. The molecule has 2 aromatic rings. The van der Waals surface area contributed by atoms with E-state index in [0.717, 1.165) is 36.0 Å². The van der Waals surface area contributed by atoms with Crippen LogP contribution in [0.1, 0.15) is 31.7 Å². The lowest BCUT2D eigenvalue weighted by Gasteiger charge is -2.42. The summed E-state index contributed by atoms with van der Waals surface area (Å²) in [6, 6.07) is 12.4. The van der Waals surface area contributed by atoms with Gasteiger partial charge in [-0.05, 0) is 54.4 Å². The molecule has 0 N–H and O–H groups in total. The van der Waals surface area contributed by atoms with Crippen molar-refractivity contribution in [2.75, 3.05) is 27.2 Å². The smallest absolute Gasteiger partial charge is 0.228 e. The highest BCUT2D eigenvalue weighted by molar-refractivity contribution is 5.84. The van der Waals surface area contributed by atoms with E-state index in [2.05, 4.69) is 36.2 Å². The Kier molecular flexibility index (Phi) is 5.63. The number of carbonyl (C=O) groups is 2. The fraction of sp³-hybridized carbons (Fsp3) is 0.480. The molecule has 2 aliphatic rings. The number of amides is 2. The molecule has 1 aromatic carbocycles.